The zero-order valence-corrected chi connectivity index (χ0v) is 14.6. The lowest BCUT2D eigenvalue weighted by atomic mass is 9.91. The summed E-state index contributed by atoms with van der Waals surface area (Å²) in [6.07, 6.45) is 10.9. The molecule has 0 atom stereocenters. The lowest BCUT2D eigenvalue weighted by Crippen LogP contribution is -2.38. The number of rotatable bonds is 4. The Morgan fingerprint density at radius 2 is 1.92 bits per heavy atom. The molecule has 7 heteroatoms. The number of carbonyl (C=O) groups excluding carboxylic acids is 1. The third kappa shape index (κ3) is 3.24. The largest absolute Gasteiger partial charge is 0.467 e. The number of aromatic nitrogens is 4. The average molecular weight is 351 g/mol. The number of hydrogen-bond donors (Lipinski definition) is 1. The van der Waals surface area contributed by atoms with Gasteiger partial charge in [-0.3, -0.25) is 4.79 Å². The van der Waals surface area contributed by atoms with E-state index in [2.05, 4.69) is 43.2 Å². The smallest absolute Gasteiger partial charge is 0.316 e. The van der Waals surface area contributed by atoms with Gasteiger partial charge in [-0.2, -0.15) is 0 Å². The minimum Gasteiger partial charge on any atom is -0.467 e. The van der Waals surface area contributed by atoms with Crippen LogP contribution < -0.4 is 10.1 Å². The number of methoxy groups -OCH3 is 1. The molecule has 1 amide bonds. The fourth-order valence-corrected chi connectivity index (χ4v) is 3.59. The number of nitrogens with zero attached hydrogens (tertiary/aromatic N) is 4. The zero-order valence-electron chi connectivity index (χ0n) is 14.6. The van der Waals surface area contributed by atoms with E-state index in [0.29, 0.717) is 11.6 Å². The van der Waals surface area contributed by atoms with E-state index >= 15 is 0 Å². The van der Waals surface area contributed by atoms with E-state index in [1.165, 1.54) is 24.9 Å². The highest BCUT2D eigenvalue weighted by atomic mass is 16.5. The number of nitrogens with one attached hydrogen (secondary N) is 1. The second-order valence-corrected chi connectivity index (χ2v) is 6.58. The fourth-order valence-electron chi connectivity index (χ4n) is 3.59. The maximum Gasteiger partial charge on any atom is 0.316 e. The summed E-state index contributed by atoms with van der Waals surface area (Å²) in [5.41, 5.74) is 1.49. The van der Waals surface area contributed by atoms with E-state index in [-0.39, 0.29) is 18.0 Å². The van der Waals surface area contributed by atoms with Crippen LogP contribution in [0, 0.1) is 0 Å². The van der Waals surface area contributed by atoms with Crippen molar-refractivity contribution in [3.8, 4) is 6.01 Å². The van der Waals surface area contributed by atoms with Crippen molar-refractivity contribution >= 4 is 16.9 Å². The molecule has 0 aliphatic heterocycles. The SMILES string of the molecule is COc1ncc(C(=O)NC2CCC(n3ccc4cccnc43)CC2)cn1. The summed E-state index contributed by atoms with van der Waals surface area (Å²) >= 11 is 0. The van der Waals surface area contributed by atoms with Gasteiger partial charge in [-0.1, -0.05) is 0 Å². The van der Waals surface area contributed by atoms with Crippen LogP contribution >= 0.6 is 0 Å². The summed E-state index contributed by atoms with van der Waals surface area (Å²) in [5.74, 6) is -0.135. The molecule has 1 aliphatic carbocycles. The van der Waals surface area contributed by atoms with Gasteiger partial charge in [0, 0.05) is 42.3 Å². The maximum atomic E-state index is 12.4. The van der Waals surface area contributed by atoms with Gasteiger partial charge < -0.3 is 14.6 Å². The van der Waals surface area contributed by atoms with Crippen molar-refractivity contribution in [3.63, 3.8) is 0 Å². The van der Waals surface area contributed by atoms with Gasteiger partial charge in [-0.05, 0) is 43.9 Å². The minimum absolute atomic E-state index is 0.135. The highest BCUT2D eigenvalue weighted by Gasteiger charge is 2.24. The first-order valence-corrected chi connectivity index (χ1v) is 8.83. The van der Waals surface area contributed by atoms with E-state index in [1.807, 2.05) is 12.3 Å². The summed E-state index contributed by atoms with van der Waals surface area (Å²) in [4.78, 5) is 24.8. The first-order valence-electron chi connectivity index (χ1n) is 8.83. The van der Waals surface area contributed by atoms with Crippen molar-refractivity contribution in [2.45, 2.75) is 37.8 Å². The molecule has 0 bridgehead atoms. The maximum absolute atomic E-state index is 12.4. The lowest BCUT2D eigenvalue weighted by Gasteiger charge is -2.30. The predicted molar refractivity (Wildman–Crippen MR) is 97.1 cm³/mol. The van der Waals surface area contributed by atoms with Crippen LogP contribution in [-0.2, 0) is 0 Å². The van der Waals surface area contributed by atoms with Crippen LogP contribution in [0.4, 0.5) is 0 Å². The summed E-state index contributed by atoms with van der Waals surface area (Å²) in [5, 5.41) is 4.26. The highest BCUT2D eigenvalue weighted by molar-refractivity contribution is 5.93. The third-order valence-electron chi connectivity index (χ3n) is 4.97. The average Bonchev–Trinajstić information content (AvgIpc) is 3.13. The minimum atomic E-state index is -0.135. The number of ether oxygens (including phenoxy) is 1. The predicted octanol–water partition coefficient (Wildman–Crippen LogP) is 2.75. The topological polar surface area (TPSA) is 81.9 Å². The monoisotopic (exact) mass is 351 g/mol. The first-order chi connectivity index (χ1) is 12.7. The molecular weight excluding hydrogens is 330 g/mol. The van der Waals surface area contributed by atoms with Gasteiger partial charge in [0.05, 0.1) is 12.7 Å². The van der Waals surface area contributed by atoms with Crippen molar-refractivity contribution in [2.75, 3.05) is 7.11 Å². The molecule has 1 fully saturated rings. The van der Waals surface area contributed by atoms with Crippen LogP contribution in [0.25, 0.3) is 11.0 Å². The van der Waals surface area contributed by atoms with Crippen LogP contribution in [0.5, 0.6) is 6.01 Å². The van der Waals surface area contributed by atoms with Crippen LogP contribution in [-0.4, -0.2) is 38.6 Å². The second-order valence-electron chi connectivity index (χ2n) is 6.58. The standard InChI is InChI=1S/C19H21N5O2/c1-26-19-21-11-14(12-22-19)18(25)23-15-4-6-16(7-5-15)24-10-8-13-3-2-9-20-17(13)24/h2-3,8-12,15-16H,4-7H2,1H3,(H,23,25). The molecular formula is C19H21N5O2. The number of hydrogen-bond acceptors (Lipinski definition) is 5. The van der Waals surface area contributed by atoms with E-state index in [9.17, 15) is 4.79 Å². The van der Waals surface area contributed by atoms with Gasteiger partial charge in [-0.25, -0.2) is 15.0 Å². The Morgan fingerprint density at radius 3 is 2.65 bits per heavy atom. The highest BCUT2D eigenvalue weighted by Crippen LogP contribution is 2.31. The second kappa shape index (κ2) is 7.11. The molecule has 3 heterocycles. The Kier molecular flexibility index (Phi) is 4.51. The molecule has 0 unspecified atom stereocenters. The molecule has 4 rings (SSSR count). The molecule has 3 aromatic heterocycles. The molecule has 26 heavy (non-hydrogen) atoms. The number of amides is 1. The quantitative estimate of drug-likeness (QED) is 0.781. The van der Waals surface area contributed by atoms with E-state index in [1.54, 1.807) is 0 Å². The summed E-state index contributed by atoms with van der Waals surface area (Å²) in [6.45, 7) is 0. The van der Waals surface area contributed by atoms with Crippen molar-refractivity contribution in [2.24, 2.45) is 0 Å². The van der Waals surface area contributed by atoms with Crippen molar-refractivity contribution < 1.29 is 9.53 Å². The lowest BCUT2D eigenvalue weighted by molar-refractivity contribution is 0.0922. The molecule has 1 saturated carbocycles. The first kappa shape index (κ1) is 16.5. The molecule has 0 saturated heterocycles. The molecule has 0 spiro atoms. The molecule has 7 nitrogen and oxygen atoms in total. The van der Waals surface area contributed by atoms with Gasteiger partial charge in [0.1, 0.15) is 5.65 Å². The Labute approximate surface area is 151 Å². The number of carbonyl (C=O) groups is 1. The van der Waals surface area contributed by atoms with Crippen molar-refractivity contribution in [1.82, 2.24) is 24.8 Å². The normalized spacial score (nSPS) is 20.0. The molecule has 0 aromatic carbocycles. The third-order valence-corrected chi connectivity index (χ3v) is 4.97. The van der Waals surface area contributed by atoms with E-state index < -0.39 is 0 Å². The summed E-state index contributed by atoms with van der Waals surface area (Å²) in [7, 11) is 1.50. The molecule has 134 valence electrons. The number of fused-ring (bicyclic) bond motifs is 1. The van der Waals surface area contributed by atoms with Gasteiger partial charge in [0.15, 0.2) is 0 Å². The summed E-state index contributed by atoms with van der Waals surface area (Å²) in [6, 6.07) is 7.02. The Morgan fingerprint density at radius 1 is 1.15 bits per heavy atom. The number of pyridine rings is 1. The van der Waals surface area contributed by atoms with Crippen molar-refractivity contribution in [3.05, 3.63) is 48.5 Å². The van der Waals surface area contributed by atoms with Gasteiger partial charge in [0.25, 0.3) is 5.91 Å². The Hall–Kier alpha value is -2.96. The molecule has 0 radical (unpaired) electrons. The molecule has 3 aromatic rings. The fraction of sp³-hybridized carbons (Fsp3) is 0.368. The van der Waals surface area contributed by atoms with Crippen LogP contribution in [0.1, 0.15) is 42.1 Å². The van der Waals surface area contributed by atoms with Crippen LogP contribution in [0.15, 0.2) is 43.0 Å². The Bertz CT molecular complexity index is 898. The van der Waals surface area contributed by atoms with Gasteiger partial charge in [-0.15, -0.1) is 0 Å². The zero-order chi connectivity index (χ0) is 17.9. The van der Waals surface area contributed by atoms with E-state index in [0.717, 1.165) is 31.3 Å². The molecule has 1 N–H and O–H groups in total. The van der Waals surface area contributed by atoms with Gasteiger partial charge >= 0.3 is 6.01 Å². The summed E-state index contributed by atoms with van der Waals surface area (Å²) < 4.78 is 7.18. The van der Waals surface area contributed by atoms with Crippen LogP contribution in [0.3, 0.4) is 0 Å². The van der Waals surface area contributed by atoms with E-state index in [4.69, 9.17) is 4.74 Å². The van der Waals surface area contributed by atoms with Crippen LogP contribution in [0.2, 0.25) is 0 Å². The molecule has 1 aliphatic rings. The Balaban J connectivity index is 1.36. The van der Waals surface area contributed by atoms with Gasteiger partial charge in [0.2, 0.25) is 0 Å². The van der Waals surface area contributed by atoms with Crippen molar-refractivity contribution in [1.29, 1.82) is 0 Å².